The van der Waals surface area contributed by atoms with Gasteiger partial charge in [0.2, 0.25) is 5.91 Å². The summed E-state index contributed by atoms with van der Waals surface area (Å²) < 4.78 is 5.62. The lowest BCUT2D eigenvalue weighted by atomic mass is 10.1. The molecular formula is C15H22N2O2. The largest absolute Gasteiger partial charge is 0.490 e. The Balaban J connectivity index is 2.27. The first-order valence-corrected chi connectivity index (χ1v) is 6.90. The number of ether oxygens (including phenoxy) is 1. The fraction of sp³-hybridized carbons (Fsp3) is 0.533. The van der Waals surface area contributed by atoms with E-state index in [0.717, 1.165) is 24.3 Å². The highest BCUT2D eigenvalue weighted by atomic mass is 16.5. The van der Waals surface area contributed by atoms with Crippen LogP contribution >= 0.6 is 0 Å². The smallest absolute Gasteiger partial charge is 0.229 e. The number of fused-ring (bicyclic) bond motifs is 1. The normalized spacial score (nSPS) is 14.2. The van der Waals surface area contributed by atoms with Crippen molar-refractivity contribution in [2.24, 2.45) is 11.7 Å². The predicted molar refractivity (Wildman–Crippen MR) is 76.5 cm³/mol. The van der Waals surface area contributed by atoms with Crippen LogP contribution in [0.4, 0.5) is 5.69 Å². The molecule has 4 heteroatoms. The molecule has 0 saturated carbocycles. The van der Waals surface area contributed by atoms with Gasteiger partial charge in [-0.15, -0.1) is 0 Å². The highest BCUT2D eigenvalue weighted by molar-refractivity contribution is 5.96. The first kappa shape index (κ1) is 13.9. The van der Waals surface area contributed by atoms with Gasteiger partial charge < -0.3 is 15.4 Å². The summed E-state index contributed by atoms with van der Waals surface area (Å²) >= 11 is 0. The van der Waals surface area contributed by atoms with Gasteiger partial charge in [0.1, 0.15) is 12.4 Å². The van der Waals surface area contributed by atoms with Gasteiger partial charge in [-0.3, -0.25) is 4.79 Å². The van der Waals surface area contributed by atoms with Crippen LogP contribution in [-0.2, 0) is 11.2 Å². The average Bonchev–Trinajstić information content (AvgIpc) is 2.43. The summed E-state index contributed by atoms with van der Waals surface area (Å²) in [4.78, 5) is 14.1. The Bertz CT molecular complexity index is 457. The Kier molecular flexibility index (Phi) is 4.43. The van der Waals surface area contributed by atoms with Crippen molar-refractivity contribution in [2.45, 2.75) is 26.7 Å². The van der Waals surface area contributed by atoms with Crippen LogP contribution in [0.25, 0.3) is 0 Å². The van der Waals surface area contributed by atoms with Crippen LogP contribution in [0.5, 0.6) is 5.75 Å². The Morgan fingerprint density at radius 2 is 2.26 bits per heavy atom. The molecule has 2 N–H and O–H groups in total. The van der Waals surface area contributed by atoms with E-state index in [4.69, 9.17) is 10.5 Å². The second-order valence-electron chi connectivity index (χ2n) is 5.19. The van der Waals surface area contributed by atoms with E-state index >= 15 is 0 Å². The summed E-state index contributed by atoms with van der Waals surface area (Å²) in [7, 11) is 0. The van der Waals surface area contributed by atoms with Crippen molar-refractivity contribution >= 4 is 11.6 Å². The summed E-state index contributed by atoms with van der Waals surface area (Å²) in [5.74, 6) is 0.955. The number of hydrogen-bond donors (Lipinski definition) is 1. The van der Waals surface area contributed by atoms with Gasteiger partial charge in [0, 0.05) is 5.92 Å². The van der Waals surface area contributed by atoms with Crippen LogP contribution in [0.1, 0.15) is 25.8 Å². The van der Waals surface area contributed by atoms with E-state index < -0.39 is 0 Å². The van der Waals surface area contributed by atoms with E-state index in [1.165, 1.54) is 5.56 Å². The van der Waals surface area contributed by atoms with Crippen LogP contribution in [0.2, 0.25) is 0 Å². The average molecular weight is 262 g/mol. The third-order valence-electron chi connectivity index (χ3n) is 3.32. The number of aryl methyl sites for hydroxylation is 1. The molecule has 104 valence electrons. The van der Waals surface area contributed by atoms with Gasteiger partial charge in [0.25, 0.3) is 0 Å². The lowest BCUT2D eigenvalue weighted by molar-refractivity contribution is -0.121. The number of carbonyl (C=O) groups excluding carboxylic acids is 1. The summed E-state index contributed by atoms with van der Waals surface area (Å²) in [5.41, 5.74) is 7.65. The van der Waals surface area contributed by atoms with Gasteiger partial charge >= 0.3 is 0 Å². The highest BCUT2D eigenvalue weighted by Gasteiger charge is 2.25. The zero-order chi connectivity index (χ0) is 13.8. The van der Waals surface area contributed by atoms with Crippen LogP contribution in [0, 0.1) is 5.92 Å². The van der Waals surface area contributed by atoms with Crippen molar-refractivity contribution in [2.75, 3.05) is 24.6 Å². The topological polar surface area (TPSA) is 55.6 Å². The zero-order valence-electron chi connectivity index (χ0n) is 11.7. The third-order valence-corrected chi connectivity index (χ3v) is 3.32. The van der Waals surface area contributed by atoms with Crippen LogP contribution < -0.4 is 15.4 Å². The molecule has 2 rings (SSSR count). The molecule has 0 aliphatic carbocycles. The molecule has 0 fully saturated rings. The number of amides is 1. The Labute approximate surface area is 114 Å². The van der Waals surface area contributed by atoms with Crippen molar-refractivity contribution in [3.8, 4) is 5.75 Å². The van der Waals surface area contributed by atoms with Crippen LogP contribution in [0.15, 0.2) is 18.2 Å². The Morgan fingerprint density at radius 3 is 2.95 bits per heavy atom. The van der Waals surface area contributed by atoms with E-state index in [1.54, 1.807) is 0 Å². The molecule has 0 saturated heterocycles. The molecule has 1 heterocycles. The molecule has 4 nitrogen and oxygen atoms in total. The number of carbonyl (C=O) groups is 1. The molecule has 0 atom stereocenters. The van der Waals surface area contributed by atoms with Gasteiger partial charge in [-0.1, -0.05) is 19.9 Å². The maximum absolute atomic E-state index is 12.2. The second-order valence-corrected chi connectivity index (χ2v) is 5.19. The summed E-state index contributed by atoms with van der Waals surface area (Å²) in [6.45, 7) is 5.73. The maximum atomic E-state index is 12.2. The van der Waals surface area contributed by atoms with Crippen molar-refractivity contribution in [1.82, 2.24) is 0 Å². The number of nitrogens with zero attached hydrogens (tertiary/aromatic N) is 1. The van der Waals surface area contributed by atoms with Gasteiger partial charge in [-0.05, 0) is 37.1 Å². The number of nitrogens with two attached hydrogens (primary N) is 1. The van der Waals surface area contributed by atoms with Gasteiger partial charge in [0.05, 0.1) is 12.2 Å². The quantitative estimate of drug-likeness (QED) is 0.902. The molecule has 1 aliphatic heterocycles. The number of anilines is 1. The van der Waals surface area contributed by atoms with Crippen LogP contribution in [0.3, 0.4) is 0 Å². The lowest BCUT2D eigenvalue weighted by Crippen LogP contribution is -2.40. The summed E-state index contributed by atoms with van der Waals surface area (Å²) in [6, 6.07) is 6.07. The number of benzene rings is 1. The van der Waals surface area contributed by atoms with E-state index in [-0.39, 0.29) is 11.8 Å². The highest BCUT2D eigenvalue weighted by Crippen LogP contribution is 2.33. The van der Waals surface area contributed by atoms with E-state index in [2.05, 4.69) is 12.1 Å². The molecule has 0 spiro atoms. The zero-order valence-corrected chi connectivity index (χ0v) is 11.7. The Morgan fingerprint density at radius 1 is 1.47 bits per heavy atom. The fourth-order valence-corrected chi connectivity index (χ4v) is 2.27. The molecule has 1 aliphatic rings. The SMILES string of the molecule is CC(C)C(=O)N1CCOc2ccc(CCCN)cc21. The van der Waals surface area contributed by atoms with E-state index in [1.807, 2.05) is 24.8 Å². The third kappa shape index (κ3) is 3.07. The summed E-state index contributed by atoms with van der Waals surface area (Å²) in [5, 5.41) is 0. The minimum atomic E-state index is -0.00125. The summed E-state index contributed by atoms with van der Waals surface area (Å²) in [6.07, 6.45) is 1.89. The van der Waals surface area contributed by atoms with Crippen molar-refractivity contribution < 1.29 is 9.53 Å². The maximum Gasteiger partial charge on any atom is 0.229 e. The molecule has 1 aromatic carbocycles. The Hall–Kier alpha value is -1.55. The predicted octanol–water partition coefficient (Wildman–Crippen LogP) is 1.96. The number of rotatable bonds is 4. The van der Waals surface area contributed by atoms with Crippen molar-refractivity contribution in [3.05, 3.63) is 23.8 Å². The molecule has 1 aromatic rings. The molecule has 1 amide bonds. The first-order valence-electron chi connectivity index (χ1n) is 6.90. The van der Waals surface area contributed by atoms with Crippen molar-refractivity contribution in [3.63, 3.8) is 0 Å². The minimum Gasteiger partial charge on any atom is -0.490 e. The van der Waals surface area contributed by atoms with Crippen molar-refractivity contribution in [1.29, 1.82) is 0 Å². The van der Waals surface area contributed by atoms with Gasteiger partial charge in [-0.2, -0.15) is 0 Å². The monoisotopic (exact) mass is 262 g/mol. The number of hydrogen-bond acceptors (Lipinski definition) is 3. The second kappa shape index (κ2) is 6.06. The van der Waals surface area contributed by atoms with Gasteiger partial charge in [-0.25, -0.2) is 0 Å². The van der Waals surface area contributed by atoms with E-state index in [0.29, 0.717) is 19.7 Å². The molecule has 0 radical (unpaired) electrons. The molecule has 0 unspecified atom stereocenters. The molecule has 0 aromatic heterocycles. The first-order chi connectivity index (χ1) is 9.13. The molecular weight excluding hydrogens is 240 g/mol. The van der Waals surface area contributed by atoms with Crippen LogP contribution in [-0.4, -0.2) is 25.6 Å². The minimum absolute atomic E-state index is 0.00125. The molecule has 0 bridgehead atoms. The molecule has 19 heavy (non-hydrogen) atoms. The lowest BCUT2D eigenvalue weighted by Gasteiger charge is -2.31. The fourth-order valence-electron chi connectivity index (χ4n) is 2.27. The standard InChI is InChI=1S/C15H22N2O2/c1-11(2)15(18)17-8-9-19-14-6-5-12(4-3-7-16)10-13(14)17/h5-6,10-11H,3-4,7-9,16H2,1-2H3. The van der Waals surface area contributed by atoms with E-state index in [9.17, 15) is 4.79 Å². The van der Waals surface area contributed by atoms with Gasteiger partial charge in [0.15, 0.2) is 0 Å².